The van der Waals surface area contributed by atoms with E-state index < -0.39 is 0 Å². The Balaban J connectivity index is 2.22. The normalized spacial score (nSPS) is 12.7. The zero-order valence-corrected chi connectivity index (χ0v) is 11.2. The first kappa shape index (κ1) is 12.4. The lowest BCUT2D eigenvalue weighted by molar-refractivity contribution is 0.205. The summed E-state index contributed by atoms with van der Waals surface area (Å²) in [6.45, 7) is 0.349. The first-order valence-corrected chi connectivity index (χ1v) is 6.11. The Labute approximate surface area is 116 Å². The third kappa shape index (κ3) is 1.76. The van der Waals surface area contributed by atoms with Crippen molar-refractivity contribution in [1.29, 1.82) is 5.26 Å². The van der Waals surface area contributed by atoms with Crippen LogP contribution in [0.15, 0.2) is 30.6 Å². The second-order valence-electron chi connectivity index (χ2n) is 4.42. The molecule has 0 saturated carbocycles. The van der Waals surface area contributed by atoms with E-state index in [1.165, 1.54) is 0 Å². The van der Waals surface area contributed by atoms with Gasteiger partial charge in [0, 0.05) is 26.6 Å². The minimum atomic E-state index is 0.349. The highest BCUT2D eigenvalue weighted by Crippen LogP contribution is 2.44. The number of anilines is 4. The number of hydrogen-bond acceptors (Lipinski definition) is 6. The Hall–Kier alpha value is -2.65. The lowest BCUT2D eigenvalue weighted by Crippen LogP contribution is -2.30. The van der Waals surface area contributed by atoms with E-state index in [-0.39, 0.29) is 0 Å². The van der Waals surface area contributed by atoms with Crippen molar-refractivity contribution in [3.8, 4) is 6.07 Å². The molecule has 1 aromatic heterocycles. The van der Waals surface area contributed by atoms with Gasteiger partial charge in [-0.25, -0.2) is 9.97 Å². The SMILES string of the molecule is COCN1c2cc(C#N)ccc2N(C)c2nccnc21. The lowest BCUT2D eigenvalue weighted by atomic mass is 10.1. The molecule has 0 saturated heterocycles. The van der Waals surface area contributed by atoms with Crippen LogP contribution in [-0.2, 0) is 4.74 Å². The summed E-state index contributed by atoms with van der Waals surface area (Å²) in [6.07, 6.45) is 3.31. The molecular formula is C14H13N5O. The van der Waals surface area contributed by atoms with Gasteiger partial charge in [-0.15, -0.1) is 0 Å². The molecule has 0 aliphatic carbocycles. The number of nitrogens with zero attached hydrogens (tertiary/aromatic N) is 5. The van der Waals surface area contributed by atoms with Gasteiger partial charge in [0.25, 0.3) is 0 Å². The summed E-state index contributed by atoms with van der Waals surface area (Å²) < 4.78 is 5.26. The fourth-order valence-electron chi connectivity index (χ4n) is 2.33. The monoisotopic (exact) mass is 267 g/mol. The molecule has 0 unspecified atom stereocenters. The van der Waals surface area contributed by atoms with Crippen molar-refractivity contribution in [3.05, 3.63) is 36.2 Å². The number of aromatic nitrogens is 2. The molecule has 0 radical (unpaired) electrons. The summed E-state index contributed by atoms with van der Waals surface area (Å²) >= 11 is 0. The maximum absolute atomic E-state index is 9.08. The molecule has 1 aromatic carbocycles. The van der Waals surface area contributed by atoms with Gasteiger partial charge in [-0.2, -0.15) is 5.26 Å². The summed E-state index contributed by atoms with van der Waals surface area (Å²) in [5.74, 6) is 1.49. The molecule has 100 valence electrons. The van der Waals surface area contributed by atoms with Gasteiger partial charge in [0.15, 0.2) is 11.6 Å². The minimum Gasteiger partial charge on any atom is -0.364 e. The fraction of sp³-hybridized carbons (Fsp3) is 0.214. The standard InChI is InChI=1S/C14H13N5O/c1-18-11-4-3-10(8-15)7-12(11)19(9-20-2)14-13(18)16-5-6-17-14/h3-7H,9H2,1-2H3. The van der Waals surface area contributed by atoms with E-state index in [1.54, 1.807) is 25.6 Å². The first-order chi connectivity index (χ1) is 9.76. The molecular weight excluding hydrogens is 254 g/mol. The van der Waals surface area contributed by atoms with E-state index in [9.17, 15) is 0 Å². The van der Waals surface area contributed by atoms with Crippen molar-refractivity contribution in [2.75, 3.05) is 30.7 Å². The number of fused-ring (bicyclic) bond motifs is 2. The largest absolute Gasteiger partial charge is 0.364 e. The second kappa shape index (κ2) is 4.79. The molecule has 0 amide bonds. The Morgan fingerprint density at radius 1 is 1.20 bits per heavy atom. The van der Waals surface area contributed by atoms with Crippen molar-refractivity contribution in [3.63, 3.8) is 0 Å². The maximum Gasteiger partial charge on any atom is 0.178 e. The summed E-state index contributed by atoms with van der Waals surface area (Å²) in [5.41, 5.74) is 2.46. The van der Waals surface area contributed by atoms with Gasteiger partial charge in [-0.05, 0) is 18.2 Å². The van der Waals surface area contributed by atoms with Gasteiger partial charge in [0.05, 0.1) is 23.0 Å². The van der Waals surface area contributed by atoms with Crippen molar-refractivity contribution >= 4 is 23.0 Å². The van der Waals surface area contributed by atoms with Crippen LogP contribution in [0.25, 0.3) is 0 Å². The molecule has 0 spiro atoms. The Kier molecular flexibility index (Phi) is 2.97. The highest BCUT2D eigenvalue weighted by Gasteiger charge is 2.28. The van der Waals surface area contributed by atoms with E-state index in [2.05, 4.69) is 16.0 Å². The topological polar surface area (TPSA) is 65.3 Å². The highest BCUT2D eigenvalue weighted by atomic mass is 16.5. The van der Waals surface area contributed by atoms with Crippen molar-refractivity contribution in [1.82, 2.24) is 9.97 Å². The average Bonchev–Trinajstić information content (AvgIpc) is 2.51. The number of nitriles is 1. The molecule has 6 nitrogen and oxygen atoms in total. The predicted molar refractivity (Wildman–Crippen MR) is 75.3 cm³/mol. The Bertz CT molecular complexity index is 694. The van der Waals surface area contributed by atoms with Crippen molar-refractivity contribution in [2.24, 2.45) is 0 Å². The van der Waals surface area contributed by atoms with Crippen LogP contribution in [-0.4, -0.2) is 30.9 Å². The number of hydrogen-bond donors (Lipinski definition) is 0. The van der Waals surface area contributed by atoms with Gasteiger partial charge < -0.3 is 9.64 Å². The van der Waals surface area contributed by atoms with Crippen LogP contribution in [0.2, 0.25) is 0 Å². The molecule has 1 aliphatic rings. The van der Waals surface area contributed by atoms with Crippen molar-refractivity contribution in [2.45, 2.75) is 0 Å². The molecule has 0 N–H and O–H groups in total. The van der Waals surface area contributed by atoms with Gasteiger partial charge in [-0.1, -0.05) is 0 Å². The van der Waals surface area contributed by atoms with E-state index in [4.69, 9.17) is 10.00 Å². The molecule has 2 heterocycles. The van der Waals surface area contributed by atoms with Crippen LogP contribution in [0.5, 0.6) is 0 Å². The smallest absolute Gasteiger partial charge is 0.178 e. The van der Waals surface area contributed by atoms with E-state index in [0.29, 0.717) is 12.3 Å². The van der Waals surface area contributed by atoms with E-state index in [1.807, 2.05) is 29.0 Å². The quantitative estimate of drug-likeness (QED) is 0.830. The van der Waals surface area contributed by atoms with Crippen LogP contribution in [0.4, 0.5) is 23.0 Å². The van der Waals surface area contributed by atoms with Crippen LogP contribution < -0.4 is 9.80 Å². The lowest BCUT2D eigenvalue weighted by Gasteiger charge is -2.35. The summed E-state index contributed by atoms with van der Waals surface area (Å²) in [5, 5.41) is 9.08. The highest BCUT2D eigenvalue weighted by molar-refractivity contribution is 5.89. The van der Waals surface area contributed by atoms with Gasteiger partial charge >= 0.3 is 0 Å². The second-order valence-corrected chi connectivity index (χ2v) is 4.42. The Morgan fingerprint density at radius 2 is 1.95 bits per heavy atom. The third-order valence-corrected chi connectivity index (χ3v) is 3.25. The van der Waals surface area contributed by atoms with Gasteiger partial charge in [0.1, 0.15) is 6.73 Å². The molecule has 3 rings (SSSR count). The molecule has 0 bridgehead atoms. The van der Waals surface area contributed by atoms with Crippen molar-refractivity contribution < 1.29 is 4.74 Å². The molecule has 0 fully saturated rings. The van der Waals surface area contributed by atoms with Crippen LogP contribution in [0, 0.1) is 11.3 Å². The number of methoxy groups -OCH3 is 1. The zero-order chi connectivity index (χ0) is 14.1. The third-order valence-electron chi connectivity index (χ3n) is 3.25. The molecule has 0 atom stereocenters. The predicted octanol–water partition coefficient (Wildman–Crippen LogP) is 2.17. The van der Waals surface area contributed by atoms with Gasteiger partial charge in [0.2, 0.25) is 0 Å². The van der Waals surface area contributed by atoms with E-state index >= 15 is 0 Å². The minimum absolute atomic E-state index is 0.349. The van der Waals surface area contributed by atoms with Crippen LogP contribution >= 0.6 is 0 Å². The molecule has 1 aliphatic heterocycles. The zero-order valence-electron chi connectivity index (χ0n) is 11.2. The van der Waals surface area contributed by atoms with E-state index in [0.717, 1.165) is 23.0 Å². The average molecular weight is 267 g/mol. The summed E-state index contributed by atoms with van der Waals surface area (Å²) in [7, 11) is 3.56. The fourth-order valence-corrected chi connectivity index (χ4v) is 2.33. The summed E-state index contributed by atoms with van der Waals surface area (Å²) in [4.78, 5) is 12.6. The molecule has 2 aromatic rings. The maximum atomic E-state index is 9.08. The Morgan fingerprint density at radius 3 is 2.65 bits per heavy atom. The molecule has 20 heavy (non-hydrogen) atoms. The van der Waals surface area contributed by atoms with Crippen LogP contribution in [0.1, 0.15) is 5.56 Å². The number of ether oxygens (including phenoxy) is 1. The number of benzene rings is 1. The van der Waals surface area contributed by atoms with Gasteiger partial charge in [-0.3, -0.25) is 4.90 Å². The van der Waals surface area contributed by atoms with Crippen LogP contribution in [0.3, 0.4) is 0 Å². The first-order valence-electron chi connectivity index (χ1n) is 6.11. The molecule has 6 heteroatoms. The number of rotatable bonds is 2. The summed E-state index contributed by atoms with van der Waals surface area (Å²) in [6, 6.07) is 7.70.